The summed E-state index contributed by atoms with van der Waals surface area (Å²) in [4.78, 5) is 0. The van der Waals surface area contributed by atoms with Crippen LogP contribution in [0.1, 0.15) is 33.1 Å². The Kier molecular flexibility index (Phi) is 4.46. The zero-order valence-corrected chi connectivity index (χ0v) is 8.75. The van der Waals surface area contributed by atoms with Gasteiger partial charge in [-0.05, 0) is 31.7 Å². The Labute approximate surface area is 81.1 Å². The topological polar surface area (TPSA) is 35.2 Å². The molecule has 0 aromatic heterocycles. The number of ether oxygens (including phenoxy) is 1. The van der Waals surface area contributed by atoms with Crippen LogP contribution in [0.15, 0.2) is 11.6 Å². The maximum Gasteiger partial charge on any atom is 0.0635 e. The highest BCUT2D eigenvalue weighted by Crippen LogP contribution is 2.24. The van der Waals surface area contributed by atoms with E-state index in [1.54, 1.807) is 0 Å². The Morgan fingerprint density at radius 1 is 1.62 bits per heavy atom. The van der Waals surface area contributed by atoms with Crippen molar-refractivity contribution in [3.05, 3.63) is 11.6 Å². The fraction of sp³-hybridized carbons (Fsp3) is 0.818. The first-order chi connectivity index (χ1) is 6.24. The van der Waals surface area contributed by atoms with Gasteiger partial charge in [0.2, 0.25) is 0 Å². The van der Waals surface area contributed by atoms with Crippen molar-refractivity contribution in [1.29, 1.82) is 0 Å². The SMILES string of the molecule is CC(C)C1C/C(=C\CCN)CCO1. The Morgan fingerprint density at radius 3 is 3.00 bits per heavy atom. The summed E-state index contributed by atoms with van der Waals surface area (Å²) in [5.41, 5.74) is 7.00. The third-order valence-electron chi connectivity index (χ3n) is 2.56. The van der Waals surface area contributed by atoms with Crippen molar-refractivity contribution in [1.82, 2.24) is 0 Å². The number of hydrogen-bond donors (Lipinski definition) is 1. The summed E-state index contributed by atoms with van der Waals surface area (Å²) < 4.78 is 5.68. The molecule has 2 heteroatoms. The lowest BCUT2D eigenvalue weighted by Gasteiger charge is -2.27. The molecule has 1 rings (SSSR count). The molecular weight excluding hydrogens is 162 g/mol. The number of nitrogens with two attached hydrogens (primary N) is 1. The summed E-state index contributed by atoms with van der Waals surface area (Å²) in [6.45, 7) is 6.09. The maximum absolute atomic E-state index is 5.68. The predicted molar refractivity (Wildman–Crippen MR) is 55.6 cm³/mol. The van der Waals surface area contributed by atoms with Gasteiger partial charge in [-0.15, -0.1) is 0 Å². The van der Waals surface area contributed by atoms with Gasteiger partial charge in [-0.1, -0.05) is 25.5 Å². The van der Waals surface area contributed by atoms with E-state index >= 15 is 0 Å². The molecule has 1 aliphatic rings. The largest absolute Gasteiger partial charge is 0.377 e. The van der Waals surface area contributed by atoms with Crippen molar-refractivity contribution in [2.24, 2.45) is 11.7 Å². The van der Waals surface area contributed by atoms with E-state index in [-0.39, 0.29) is 0 Å². The van der Waals surface area contributed by atoms with Crippen LogP contribution in [0.3, 0.4) is 0 Å². The molecular formula is C11H21NO. The molecule has 0 aliphatic carbocycles. The molecule has 1 atom stereocenters. The lowest BCUT2D eigenvalue weighted by Crippen LogP contribution is -2.25. The third-order valence-corrected chi connectivity index (χ3v) is 2.56. The first-order valence-electron chi connectivity index (χ1n) is 5.23. The van der Waals surface area contributed by atoms with E-state index in [1.165, 1.54) is 5.57 Å². The molecule has 0 bridgehead atoms. The monoisotopic (exact) mass is 183 g/mol. The van der Waals surface area contributed by atoms with Gasteiger partial charge >= 0.3 is 0 Å². The molecule has 0 amide bonds. The standard InChI is InChI=1S/C11H21NO/c1-9(2)11-8-10(4-3-6-12)5-7-13-11/h4,9,11H,3,5-8,12H2,1-2H3/b10-4-. The van der Waals surface area contributed by atoms with Crippen molar-refractivity contribution in [3.63, 3.8) is 0 Å². The van der Waals surface area contributed by atoms with Gasteiger partial charge in [0.15, 0.2) is 0 Å². The van der Waals surface area contributed by atoms with Gasteiger partial charge in [0.1, 0.15) is 0 Å². The first-order valence-corrected chi connectivity index (χ1v) is 5.23. The molecule has 1 unspecified atom stereocenters. The number of hydrogen-bond acceptors (Lipinski definition) is 2. The van der Waals surface area contributed by atoms with E-state index in [9.17, 15) is 0 Å². The molecule has 0 aromatic carbocycles. The highest BCUT2D eigenvalue weighted by atomic mass is 16.5. The Morgan fingerprint density at radius 2 is 2.38 bits per heavy atom. The van der Waals surface area contributed by atoms with Crippen LogP contribution in [-0.4, -0.2) is 19.3 Å². The highest BCUT2D eigenvalue weighted by Gasteiger charge is 2.19. The lowest BCUT2D eigenvalue weighted by atomic mass is 9.94. The van der Waals surface area contributed by atoms with Crippen LogP contribution in [-0.2, 0) is 4.74 Å². The van der Waals surface area contributed by atoms with Crippen molar-refractivity contribution in [3.8, 4) is 0 Å². The second kappa shape index (κ2) is 5.40. The van der Waals surface area contributed by atoms with Gasteiger partial charge in [-0.2, -0.15) is 0 Å². The lowest BCUT2D eigenvalue weighted by molar-refractivity contribution is 0.00642. The molecule has 13 heavy (non-hydrogen) atoms. The second-order valence-corrected chi connectivity index (χ2v) is 4.05. The Balaban J connectivity index is 2.41. The van der Waals surface area contributed by atoms with Crippen LogP contribution in [0.25, 0.3) is 0 Å². The molecule has 0 radical (unpaired) electrons. The minimum Gasteiger partial charge on any atom is -0.377 e. The minimum absolute atomic E-state index is 0.428. The van der Waals surface area contributed by atoms with Crippen LogP contribution in [0.2, 0.25) is 0 Å². The van der Waals surface area contributed by atoms with Gasteiger partial charge in [0.05, 0.1) is 12.7 Å². The molecule has 76 valence electrons. The second-order valence-electron chi connectivity index (χ2n) is 4.05. The van der Waals surface area contributed by atoms with Gasteiger partial charge in [0.25, 0.3) is 0 Å². The third kappa shape index (κ3) is 3.49. The maximum atomic E-state index is 5.68. The van der Waals surface area contributed by atoms with E-state index < -0.39 is 0 Å². The fourth-order valence-electron chi connectivity index (χ4n) is 1.66. The number of rotatable bonds is 3. The van der Waals surface area contributed by atoms with Gasteiger partial charge in [-0.25, -0.2) is 0 Å². The smallest absolute Gasteiger partial charge is 0.0635 e. The Hall–Kier alpha value is -0.340. The molecule has 1 fully saturated rings. The molecule has 1 aliphatic heterocycles. The van der Waals surface area contributed by atoms with Crippen LogP contribution in [0.4, 0.5) is 0 Å². The quantitative estimate of drug-likeness (QED) is 0.680. The van der Waals surface area contributed by atoms with Gasteiger partial charge in [-0.3, -0.25) is 0 Å². The van der Waals surface area contributed by atoms with Crippen molar-refractivity contribution in [2.75, 3.05) is 13.2 Å². The molecule has 2 nitrogen and oxygen atoms in total. The molecule has 1 saturated heterocycles. The Bertz CT molecular complexity index is 175. The normalized spacial score (nSPS) is 27.1. The zero-order valence-electron chi connectivity index (χ0n) is 8.75. The molecule has 0 spiro atoms. The average molecular weight is 183 g/mol. The highest BCUT2D eigenvalue weighted by molar-refractivity contribution is 5.06. The summed E-state index contributed by atoms with van der Waals surface area (Å²) in [5.74, 6) is 0.626. The molecule has 0 saturated carbocycles. The zero-order chi connectivity index (χ0) is 9.68. The van der Waals surface area contributed by atoms with Crippen LogP contribution >= 0.6 is 0 Å². The summed E-state index contributed by atoms with van der Waals surface area (Å²) in [7, 11) is 0. The van der Waals surface area contributed by atoms with Crippen molar-refractivity contribution in [2.45, 2.75) is 39.2 Å². The summed E-state index contributed by atoms with van der Waals surface area (Å²) >= 11 is 0. The van der Waals surface area contributed by atoms with E-state index in [2.05, 4.69) is 19.9 Å². The van der Waals surface area contributed by atoms with Gasteiger partial charge in [0, 0.05) is 0 Å². The summed E-state index contributed by atoms with van der Waals surface area (Å²) in [6.07, 6.45) is 5.94. The van der Waals surface area contributed by atoms with Crippen LogP contribution in [0, 0.1) is 5.92 Å². The summed E-state index contributed by atoms with van der Waals surface area (Å²) in [6, 6.07) is 0. The van der Waals surface area contributed by atoms with E-state index in [1.807, 2.05) is 0 Å². The molecule has 1 heterocycles. The van der Waals surface area contributed by atoms with Crippen molar-refractivity contribution >= 4 is 0 Å². The first kappa shape index (κ1) is 10.7. The van der Waals surface area contributed by atoms with E-state index in [0.29, 0.717) is 12.0 Å². The minimum atomic E-state index is 0.428. The van der Waals surface area contributed by atoms with Gasteiger partial charge < -0.3 is 10.5 Å². The van der Waals surface area contributed by atoms with E-state index in [4.69, 9.17) is 10.5 Å². The van der Waals surface area contributed by atoms with E-state index in [0.717, 1.165) is 32.4 Å². The predicted octanol–water partition coefficient (Wildman–Crippen LogP) is 2.10. The van der Waals surface area contributed by atoms with Crippen LogP contribution in [0.5, 0.6) is 0 Å². The fourth-order valence-corrected chi connectivity index (χ4v) is 1.66. The van der Waals surface area contributed by atoms with Crippen LogP contribution < -0.4 is 5.73 Å². The molecule has 0 aromatic rings. The van der Waals surface area contributed by atoms with Crippen molar-refractivity contribution < 1.29 is 4.74 Å². The molecule has 2 N–H and O–H groups in total. The summed E-state index contributed by atoms with van der Waals surface area (Å²) in [5, 5.41) is 0. The average Bonchev–Trinajstić information content (AvgIpc) is 2.15.